The normalized spacial score (nSPS) is 10.1. The zero-order valence-electron chi connectivity index (χ0n) is 11.7. The van der Waals surface area contributed by atoms with Crippen LogP contribution in [0.2, 0.25) is 0 Å². The van der Waals surface area contributed by atoms with E-state index in [9.17, 15) is 0 Å². The monoisotopic (exact) mass is 317 g/mol. The van der Waals surface area contributed by atoms with Crippen molar-refractivity contribution < 1.29 is 0 Å². The molecule has 0 aliphatic carbocycles. The third kappa shape index (κ3) is 6.62. The largest absolute Gasteiger partial charge is 0.359 e. The van der Waals surface area contributed by atoms with Gasteiger partial charge in [-0.2, -0.15) is 0 Å². The van der Waals surface area contributed by atoms with Gasteiger partial charge in [0.05, 0.1) is 5.88 Å². The SMILES string of the molecule is S=C(NCSNCc1ccccc1)NCc1ccccc1. The summed E-state index contributed by atoms with van der Waals surface area (Å²) in [7, 11) is 0. The molecule has 0 heterocycles. The lowest BCUT2D eigenvalue weighted by atomic mass is 10.2. The summed E-state index contributed by atoms with van der Waals surface area (Å²) < 4.78 is 3.30. The molecule has 21 heavy (non-hydrogen) atoms. The summed E-state index contributed by atoms with van der Waals surface area (Å²) in [5, 5.41) is 7.02. The average Bonchev–Trinajstić information content (AvgIpc) is 2.54. The number of rotatable bonds is 7. The molecular formula is C16H19N3S2. The van der Waals surface area contributed by atoms with Crippen LogP contribution >= 0.6 is 24.2 Å². The van der Waals surface area contributed by atoms with Gasteiger partial charge in [0, 0.05) is 13.1 Å². The Morgan fingerprint density at radius 2 is 1.38 bits per heavy atom. The van der Waals surface area contributed by atoms with E-state index in [-0.39, 0.29) is 0 Å². The predicted octanol–water partition coefficient (Wildman–Crippen LogP) is 3.05. The molecule has 0 saturated heterocycles. The molecule has 0 fully saturated rings. The summed E-state index contributed by atoms with van der Waals surface area (Å²) in [6.07, 6.45) is 0. The van der Waals surface area contributed by atoms with E-state index < -0.39 is 0 Å². The first-order valence-corrected chi connectivity index (χ1v) is 8.18. The van der Waals surface area contributed by atoms with Crippen molar-refractivity contribution in [3.05, 3.63) is 71.8 Å². The summed E-state index contributed by atoms with van der Waals surface area (Å²) >= 11 is 6.84. The third-order valence-corrected chi connectivity index (χ3v) is 3.75. The van der Waals surface area contributed by atoms with Crippen molar-refractivity contribution in [2.75, 3.05) is 5.88 Å². The standard InChI is InChI=1S/C16H19N3S2/c20-16(17-11-14-7-3-1-4-8-14)18-13-21-19-12-15-9-5-2-6-10-15/h1-10,19H,11-13H2,(H2,17,18,20). The van der Waals surface area contributed by atoms with Crippen molar-refractivity contribution in [1.82, 2.24) is 15.4 Å². The fourth-order valence-corrected chi connectivity index (χ4v) is 2.55. The number of benzene rings is 2. The lowest BCUT2D eigenvalue weighted by Gasteiger charge is -2.10. The first kappa shape index (κ1) is 15.8. The maximum atomic E-state index is 5.23. The van der Waals surface area contributed by atoms with Crippen molar-refractivity contribution in [2.45, 2.75) is 13.1 Å². The van der Waals surface area contributed by atoms with E-state index in [0.29, 0.717) is 5.11 Å². The molecule has 0 unspecified atom stereocenters. The number of hydrogen-bond acceptors (Lipinski definition) is 3. The molecule has 3 nitrogen and oxygen atoms in total. The van der Waals surface area contributed by atoms with E-state index >= 15 is 0 Å². The van der Waals surface area contributed by atoms with Crippen molar-refractivity contribution >= 4 is 29.3 Å². The van der Waals surface area contributed by atoms with Crippen LogP contribution in [-0.2, 0) is 13.1 Å². The zero-order valence-corrected chi connectivity index (χ0v) is 13.3. The highest BCUT2D eigenvalue weighted by Crippen LogP contribution is 2.00. The first-order chi connectivity index (χ1) is 10.3. The van der Waals surface area contributed by atoms with E-state index in [1.165, 1.54) is 11.1 Å². The highest BCUT2D eigenvalue weighted by Gasteiger charge is 1.96. The van der Waals surface area contributed by atoms with Gasteiger partial charge in [0.1, 0.15) is 0 Å². The minimum Gasteiger partial charge on any atom is -0.359 e. The van der Waals surface area contributed by atoms with Crippen LogP contribution < -0.4 is 15.4 Å². The van der Waals surface area contributed by atoms with E-state index in [0.717, 1.165) is 19.0 Å². The minimum absolute atomic E-state index is 0.674. The Morgan fingerprint density at radius 1 is 0.810 bits per heavy atom. The van der Waals surface area contributed by atoms with Gasteiger partial charge in [-0.15, -0.1) is 0 Å². The molecular weight excluding hydrogens is 298 g/mol. The molecule has 3 N–H and O–H groups in total. The maximum absolute atomic E-state index is 5.23. The van der Waals surface area contributed by atoms with Gasteiger partial charge in [-0.05, 0) is 23.3 Å². The molecule has 110 valence electrons. The Hall–Kier alpha value is -1.56. The molecule has 0 saturated carbocycles. The molecule has 0 aliphatic rings. The van der Waals surface area contributed by atoms with Gasteiger partial charge in [-0.1, -0.05) is 72.6 Å². The van der Waals surface area contributed by atoms with Gasteiger partial charge in [0.15, 0.2) is 5.11 Å². The van der Waals surface area contributed by atoms with Gasteiger partial charge in [0.25, 0.3) is 0 Å². The molecule has 0 atom stereocenters. The van der Waals surface area contributed by atoms with Crippen LogP contribution in [0.5, 0.6) is 0 Å². The molecule has 2 rings (SSSR count). The Kier molecular flexibility index (Phi) is 7.07. The summed E-state index contributed by atoms with van der Waals surface area (Å²) in [5.74, 6) is 0.730. The highest BCUT2D eigenvalue weighted by molar-refractivity contribution is 7.97. The van der Waals surface area contributed by atoms with E-state index in [1.54, 1.807) is 11.9 Å². The lowest BCUT2D eigenvalue weighted by Crippen LogP contribution is -2.35. The predicted molar refractivity (Wildman–Crippen MR) is 94.8 cm³/mol. The molecule has 0 spiro atoms. The van der Waals surface area contributed by atoms with Crippen LogP contribution in [0, 0.1) is 0 Å². The second-order valence-corrected chi connectivity index (χ2v) is 5.71. The van der Waals surface area contributed by atoms with Crippen molar-refractivity contribution in [2.24, 2.45) is 0 Å². The zero-order chi connectivity index (χ0) is 14.8. The summed E-state index contributed by atoms with van der Waals surface area (Å²) in [4.78, 5) is 0. The molecule has 5 heteroatoms. The number of hydrogen-bond donors (Lipinski definition) is 3. The quantitative estimate of drug-likeness (QED) is 0.317. The van der Waals surface area contributed by atoms with Gasteiger partial charge in [0.2, 0.25) is 0 Å². The number of nitrogens with one attached hydrogen (secondary N) is 3. The van der Waals surface area contributed by atoms with Crippen molar-refractivity contribution in [3.8, 4) is 0 Å². The topological polar surface area (TPSA) is 36.1 Å². The highest BCUT2D eigenvalue weighted by atomic mass is 32.2. The number of thiocarbonyl (C=S) groups is 1. The minimum atomic E-state index is 0.674. The Morgan fingerprint density at radius 3 is 2.00 bits per heavy atom. The van der Waals surface area contributed by atoms with Gasteiger partial charge >= 0.3 is 0 Å². The van der Waals surface area contributed by atoms with Gasteiger partial charge in [-0.25, -0.2) is 0 Å². The lowest BCUT2D eigenvalue weighted by molar-refractivity contribution is 0.882. The summed E-state index contributed by atoms with van der Waals surface area (Å²) in [5.41, 5.74) is 2.49. The molecule has 0 amide bonds. The van der Waals surface area contributed by atoms with Crippen LogP contribution in [-0.4, -0.2) is 11.0 Å². The fourth-order valence-electron chi connectivity index (χ4n) is 1.72. The fraction of sp³-hybridized carbons (Fsp3) is 0.188. The average molecular weight is 317 g/mol. The second kappa shape index (κ2) is 9.39. The molecule has 2 aromatic carbocycles. The molecule has 0 aliphatic heterocycles. The van der Waals surface area contributed by atoms with Crippen LogP contribution in [0.3, 0.4) is 0 Å². The summed E-state index contributed by atoms with van der Waals surface area (Å²) in [6, 6.07) is 20.5. The van der Waals surface area contributed by atoms with Crippen LogP contribution in [0.4, 0.5) is 0 Å². The smallest absolute Gasteiger partial charge is 0.167 e. The van der Waals surface area contributed by atoms with Crippen LogP contribution in [0.15, 0.2) is 60.7 Å². The van der Waals surface area contributed by atoms with Gasteiger partial charge in [-0.3, -0.25) is 4.72 Å². The van der Waals surface area contributed by atoms with Gasteiger partial charge < -0.3 is 10.6 Å². The van der Waals surface area contributed by atoms with E-state index in [4.69, 9.17) is 12.2 Å². The molecule has 0 aromatic heterocycles. The van der Waals surface area contributed by atoms with Crippen molar-refractivity contribution in [3.63, 3.8) is 0 Å². The third-order valence-electron chi connectivity index (χ3n) is 2.82. The Bertz CT molecular complexity index is 532. The van der Waals surface area contributed by atoms with E-state index in [1.807, 2.05) is 36.4 Å². The summed E-state index contributed by atoms with van der Waals surface area (Å²) in [6.45, 7) is 1.59. The molecule has 2 aromatic rings. The van der Waals surface area contributed by atoms with Crippen LogP contribution in [0.1, 0.15) is 11.1 Å². The maximum Gasteiger partial charge on any atom is 0.167 e. The molecule has 0 radical (unpaired) electrons. The van der Waals surface area contributed by atoms with Crippen LogP contribution in [0.25, 0.3) is 0 Å². The second-order valence-electron chi connectivity index (χ2n) is 4.44. The van der Waals surface area contributed by atoms with Crippen molar-refractivity contribution in [1.29, 1.82) is 0 Å². The first-order valence-electron chi connectivity index (χ1n) is 6.79. The van der Waals surface area contributed by atoms with E-state index in [2.05, 4.69) is 39.6 Å². The molecule has 0 bridgehead atoms. The Labute approximate surface area is 135 Å². The Balaban J connectivity index is 1.53.